The minimum atomic E-state index is -0.620. The molecule has 5 heterocycles. The molecule has 2 saturated heterocycles. The minimum Gasteiger partial charge on any atom is -0.468 e. The number of rotatable bonds is 7. The highest BCUT2D eigenvalue weighted by atomic mass is 16.5. The van der Waals surface area contributed by atoms with Gasteiger partial charge < -0.3 is 18.9 Å². The number of carbonyl (C=O) groups excluding carboxylic acids is 1. The lowest BCUT2D eigenvalue weighted by atomic mass is 9.90. The van der Waals surface area contributed by atoms with Gasteiger partial charge in [0.05, 0.1) is 31.4 Å². The predicted molar refractivity (Wildman–Crippen MR) is 157 cm³/mol. The molecule has 0 unspecified atom stereocenters. The summed E-state index contributed by atoms with van der Waals surface area (Å²) in [6.45, 7) is 10.6. The van der Waals surface area contributed by atoms with Gasteiger partial charge >= 0.3 is 5.97 Å². The summed E-state index contributed by atoms with van der Waals surface area (Å²) in [6.07, 6.45) is 3.62. The number of para-hydroxylation sites is 2. The number of imidazole rings is 2. The summed E-state index contributed by atoms with van der Waals surface area (Å²) in [4.78, 5) is 37.1. The van der Waals surface area contributed by atoms with Crippen molar-refractivity contribution in [1.82, 2.24) is 34.0 Å². The fraction of sp³-hybridized carbons (Fsp3) is 0.567. The first kappa shape index (κ1) is 27.6. The zero-order valence-corrected chi connectivity index (χ0v) is 24.8. The minimum absolute atomic E-state index is 0.187. The number of piperidine rings is 1. The van der Waals surface area contributed by atoms with E-state index in [1.807, 2.05) is 32.0 Å². The number of fused-ring (bicyclic) bond motifs is 2. The number of hydrogen-bond donors (Lipinski definition) is 0. The number of likely N-dealkylation sites (tertiary alicyclic amines) is 1. The van der Waals surface area contributed by atoms with Crippen molar-refractivity contribution in [2.75, 3.05) is 51.4 Å². The van der Waals surface area contributed by atoms with Crippen LogP contribution < -0.4 is 4.90 Å². The Kier molecular flexibility index (Phi) is 7.41. The number of carbonyl (C=O) groups is 1. The Balaban J connectivity index is 1.36. The third-order valence-electron chi connectivity index (χ3n) is 8.80. The van der Waals surface area contributed by atoms with Crippen LogP contribution in [0, 0.1) is 5.92 Å². The van der Waals surface area contributed by atoms with Crippen molar-refractivity contribution < 1.29 is 14.3 Å². The quantitative estimate of drug-likeness (QED) is 0.315. The van der Waals surface area contributed by atoms with Gasteiger partial charge in [-0.15, -0.1) is 0 Å². The molecule has 0 atom stereocenters. The molecule has 0 spiro atoms. The molecule has 0 radical (unpaired) electrons. The zero-order valence-electron chi connectivity index (χ0n) is 24.8. The van der Waals surface area contributed by atoms with Crippen molar-refractivity contribution in [3.63, 3.8) is 0 Å². The van der Waals surface area contributed by atoms with Crippen molar-refractivity contribution >= 4 is 34.0 Å². The summed E-state index contributed by atoms with van der Waals surface area (Å²) in [5, 5.41) is 0. The van der Waals surface area contributed by atoms with Crippen LogP contribution in [-0.2, 0) is 34.2 Å². The number of nitrogens with zero attached hydrogens (tertiary/aromatic N) is 8. The number of aromatic nitrogens is 6. The molecular weight excluding hydrogens is 520 g/mol. The predicted octanol–water partition coefficient (Wildman–Crippen LogP) is 3.31. The fourth-order valence-corrected chi connectivity index (χ4v) is 6.23. The number of benzene rings is 1. The first-order valence-electron chi connectivity index (χ1n) is 14.7. The summed E-state index contributed by atoms with van der Waals surface area (Å²) in [5.41, 5.74) is 2.98. The number of methoxy groups -OCH3 is 1. The van der Waals surface area contributed by atoms with E-state index < -0.39 is 5.54 Å². The first-order chi connectivity index (χ1) is 19.8. The Labute approximate surface area is 240 Å². The lowest BCUT2D eigenvalue weighted by Crippen LogP contribution is -2.53. The van der Waals surface area contributed by atoms with Gasteiger partial charge in [-0.3, -0.25) is 14.3 Å². The second-order valence-electron chi connectivity index (χ2n) is 11.6. The molecule has 1 aromatic carbocycles. The van der Waals surface area contributed by atoms with Gasteiger partial charge in [-0.2, -0.15) is 9.97 Å². The van der Waals surface area contributed by atoms with E-state index in [4.69, 9.17) is 29.4 Å². The van der Waals surface area contributed by atoms with Gasteiger partial charge in [0, 0.05) is 33.0 Å². The fourth-order valence-electron chi connectivity index (χ4n) is 6.23. The molecule has 11 nitrogen and oxygen atoms in total. The second-order valence-corrected chi connectivity index (χ2v) is 11.6. The number of hydrogen-bond acceptors (Lipinski definition) is 9. The van der Waals surface area contributed by atoms with E-state index in [0.717, 1.165) is 91.5 Å². The Morgan fingerprint density at radius 1 is 1.02 bits per heavy atom. The Bertz CT molecular complexity index is 1560. The highest BCUT2D eigenvalue weighted by Crippen LogP contribution is 2.31. The van der Waals surface area contributed by atoms with Crippen LogP contribution in [0.1, 0.15) is 45.3 Å². The van der Waals surface area contributed by atoms with Crippen molar-refractivity contribution in [1.29, 1.82) is 0 Å². The van der Waals surface area contributed by atoms with Gasteiger partial charge in [-0.05, 0) is 57.8 Å². The second kappa shape index (κ2) is 11.0. The van der Waals surface area contributed by atoms with Gasteiger partial charge in [0.2, 0.25) is 5.95 Å². The molecule has 2 aliphatic rings. The van der Waals surface area contributed by atoms with Crippen molar-refractivity contribution in [3.8, 4) is 5.95 Å². The molecule has 0 aliphatic carbocycles. The summed E-state index contributed by atoms with van der Waals surface area (Å²) in [5.74, 6) is 3.70. The van der Waals surface area contributed by atoms with Gasteiger partial charge in [0.25, 0.3) is 0 Å². The standard InChI is InChI=1S/C30H40N8O3/c1-6-23-31-21-9-7-8-10-22(21)38(23)29-33-26-25(27(34-29)36-15-17-41-18-16-36)32-24(35(26)4)19-20-11-13-37(14-12-20)30(2,3)28(39)40-5/h7-10,20H,6,11-19H2,1-5H3. The van der Waals surface area contributed by atoms with E-state index >= 15 is 0 Å². The van der Waals surface area contributed by atoms with Crippen LogP contribution in [0.3, 0.4) is 0 Å². The highest BCUT2D eigenvalue weighted by molar-refractivity contribution is 5.86. The molecule has 6 rings (SSSR count). The molecular formula is C30H40N8O3. The normalized spacial score (nSPS) is 17.5. The number of anilines is 1. The zero-order chi connectivity index (χ0) is 28.7. The average Bonchev–Trinajstić information content (AvgIpc) is 3.54. The molecule has 2 aliphatic heterocycles. The molecule has 0 bridgehead atoms. The van der Waals surface area contributed by atoms with Crippen LogP contribution in [0.15, 0.2) is 24.3 Å². The van der Waals surface area contributed by atoms with E-state index in [9.17, 15) is 4.79 Å². The van der Waals surface area contributed by atoms with Crippen LogP contribution in [0.25, 0.3) is 28.1 Å². The van der Waals surface area contributed by atoms with E-state index in [1.54, 1.807) is 0 Å². The number of aryl methyl sites for hydroxylation is 2. The highest BCUT2D eigenvalue weighted by Gasteiger charge is 2.38. The Hall–Kier alpha value is -3.57. The Morgan fingerprint density at radius 3 is 2.46 bits per heavy atom. The van der Waals surface area contributed by atoms with E-state index in [1.165, 1.54) is 7.11 Å². The van der Waals surface area contributed by atoms with Crippen LogP contribution in [0.4, 0.5) is 5.82 Å². The molecule has 41 heavy (non-hydrogen) atoms. The molecule has 2 fully saturated rings. The van der Waals surface area contributed by atoms with Gasteiger partial charge in [-0.1, -0.05) is 19.1 Å². The summed E-state index contributed by atoms with van der Waals surface area (Å²) in [7, 11) is 3.52. The molecule has 0 saturated carbocycles. The van der Waals surface area contributed by atoms with Crippen LogP contribution in [-0.4, -0.2) is 92.0 Å². The van der Waals surface area contributed by atoms with E-state index in [2.05, 4.69) is 39.0 Å². The van der Waals surface area contributed by atoms with E-state index in [0.29, 0.717) is 25.1 Å². The average molecular weight is 561 g/mol. The topological polar surface area (TPSA) is 103 Å². The summed E-state index contributed by atoms with van der Waals surface area (Å²) < 4.78 is 14.9. The summed E-state index contributed by atoms with van der Waals surface area (Å²) in [6, 6.07) is 8.15. The van der Waals surface area contributed by atoms with Crippen LogP contribution in [0.5, 0.6) is 0 Å². The van der Waals surface area contributed by atoms with Crippen molar-refractivity contribution in [2.45, 2.75) is 52.0 Å². The number of esters is 1. The molecule has 4 aromatic rings. The van der Waals surface area contributed by atoms with Crippen LogP contribution >= 0.6 is 0 Å². The van der Waals surface area contributed by atoms with Crippen molar-refractivity contribution in [3.05, 3.63) is 35.9 Å². The third kappa shape index (κ3) is 4.95. The van der Waals surface area contributed by atoms with E-state index in [-0.39, 0.29) is 5.97 Å². The lowest BCUT2D eigenvalue weighted by Gasteiger charge is -2.40. The largest absolute Gasteiger partial charge is 0.468 e. The summed E-state index contributed by atoms with van der Waals surface area (Å²) >= 11 is 0. The maximum absolute atomic E-state index is 12.3. The maximum Gasteiger partial charge on any atom is 0.325 e. The molecule has 0 N–H and O–H groups in total. The molecule has 218 valence electrons. The lowest BCUT2D eigenvalue weighted by molar-refractivity contribution is -0.154. The van der Waals surface area contributed by atoms with Gasteiger partial charge in [-0.25, -0.2) is 9.97 Å². The SMILES string of the molecule is CCc1nc2ccccc2n1-c1nc(N2CCOCC2)c2nc(CC3CCN(C(C)(C)C(=O)OC)CC3)n(C)c2n1. The van der Waals surface area contributed by atoms with Crippen molar-refractivity contribution in [2.24, 2.45) is 13.0 Å². The number of morpholine rings is 1. The van der Waals surface area contributed by atoms with Gasteiger partial charge in [0.1, 0.15) is 17.2 Å². The van der Waals surface area contributed by atoms with Gasteiger partial charge in [0.15, 0.2) is 17.0 Å². The third-order valence-corrected chi connectivity index (χ3v) is 8.80. The first-order valence-corrected chi connectivity index (χ1v) is 14.7. The number of ether oxygens (including phenoxy) is 2. The monoisotopic (exact) mass is 560 g/mol. The molecule has 11 heteroatoms. The van der Waals surface area contributed by atoms with Crippen LogP contribution in [0.2, 0.25) is 0 Å². The Morgan fingerprint density at radius 2 is 1.76 bits per heavy atom. The molecule has 3 aromatic heterocycles. The smallest absolute Gasteiger partial charge is 0.325 e. The maximum atomic E-state index is 12.3. The molecule has 0 amide bonds.